The van der Waals surface area contributed by atoms with Gasteiger partial charge >= 0.3 is 0 Å². The highest BCUT2D eigenvalue weighted by Crippen LogP contribution is 2.18. The summed E-state index contributed by atoms with van der Waals surface area (Å²) in [7, 11) is -1.53. The van der Waals surface area contributed by atoms with E-state index < -0.39 is 21.0 Å². The van der Waals surface area contributed by atoms with Gasteiger partial charge in [0.15, 0.2) is 5.42 Å². The number of benzene rings is 1. The van der Waals surface area contributed by atoms with E-state index in [-0.39, 0.29) is 0 Å². The number of nitrogens with one attached hydrogen (secondary N) is 1. The molecule has 8 heteroatoms. The highest BCUT2D eigenvalue weighted by atomic mass is 79.9. The second kappa shape index (κ2) is 5.97. The molecule has 4 nitrogen and oxygen atoms in total. The Hall–Kier alpha value is -1.18. The Labute approximate surface area is 153 Å². The van der Waals surface area contributed by atoms with Crippen molar-refractivity contribution in [2.24, 2.45) is 4.40 Å². The van der Waals surface area contributed by atoms with E-state index in [1.54, 1.807) is 12.1 Å². The van der Waals surface area contributed by atoms with Crippen molar-refractivity contribution < 1.29 is 13.0 Å². The minimum absolute atomic E-state index is 0.370. The van der Waals surface area contributed by atoms with Crippen molar-refractivity contribution in [3.8, 4) is 0 Å². The Morgan fingerprint density at radius 3 is 2.79 bits per heavy atom. The zero-order valence-corrected chi connectivity index (χ0v) is 16.4. The van der Waals surface area contributed by atoms with Gasteiger partial charge in [-0.1, -0.05) is 27.5 Å². The lowest BCUT2D eigenvalue weighted by Crippen LogP contribution is -2.49. The molecule has 1 aliphatic heterocycles. The lowest BCUT2D eigenvalue weighted by atomic mass is 10.2. The molecule has 128 valence electrons. The standard InChI is InChI=1S/C16H15BrClFN2O2S/c1-15(2,3)24(22)21-14-10-6-9(17)4-5-12(10)23-13-8-20-16(18,19)7-11(13)14/h4-8,20H,1-3H3/b21-14-. The van der Waals surface area contributed by atoms with E-state index in [1.807, 2.05) is 26.8 Å². The first-order valence-electron chi connectivity index (χ1n) is 7.14. The SMILES string of the molecule is CC(C)(C)S(=O)/N=c1\c2c(oc3ccc(Br)cc13)=CNC(F)(Cl)C=2. The van der Waals surface area contributed by atoms with Gasteiger partial charge in [-0.2, -0.15) is 8.79 Å². The van der Waals surface area contributed by atoms with E-state index in [4.69, 9.17) is 16.0 Å². The lowest BCUT2D eigenvalue weighted by Gasteiger charge is -2.17. The van der Waals surface area contributed by atoms with Crippen LogP contribution in [0.25, 0.3) is 23.2 Å². The summed E-state index contributed by atoms with van der Waals surface area (Å²) < 4.78 is 37.1. The molecule has 0 saturated heterocycles. The molecule has 1 aromatic carbocycles. The van der Waals surface area contributed by atoms with E-state index in [2.05, 4.69) is 25.6 Å². The van der Waals surface area contributed by atoms with Gasteiger partial charge in [-0.3, -0.25) is 0 Å². The van der Waals surface area contributed by atoms with E-state index in [0.29, 0.717) is 27.0 Å². The van der Waals surface area contributed by atoms with Crippen LogP contribution in [0.15, 0.2) is 31.5 Å². The van der Waals surface area contributed by atoms with Crippen LogP contribution in [-0.4, -0.2) is 14.2 Å². The van der Waals surface area contributed by atoms with Crippen LogP contribution in [0.1, 0.15) is 20.8 Å². The first-order valence-corrected chi connectivity index (χ1v) is 9.42. The number of hydrogen-bond acceptors (Lipinski definition) is 3. The second-order valence-electron chi connectivity index (χ2n) is 6.38. The number of rotatable bonds is 1. The van der Waals surface area contributed by atoms with Crippen LogP contribution < -0.4 is 21.3 Å². The maximum atomic E-state index is 14.2. The van der Waals surface area contributed by atoms with Gasteiger partial charge in [-0.25, -0.2) is 4.21 Å². The zero-order chi connectivity index (χ0) is 17.7. The molecule has 2 heterocycles. The number of fused-ring (bicyclic) bond motifs is 2. The fraction of sp³-hybridized carbons (Fsp3) is 0.312. The quantitative estimate of drug-likeness (QED) is 0.555. The molecular formula is C16H15BrClFN2O2S. The van der Waals surface area contributed by atoms with Crippen molar-refractivity contribution in [2.45, 2.75) is 30.8 Å². The van der Waals surface area contributed by atoms with Gasteiger partial charge in [-0.05, 0) is 39.0 Å². The van der Waals surface area contributed by atoms with E-state index in [9.17, 15) is 8.60 Å². The first kappa shape index (κ1) is 17.6. The van der Waals surface area contributed by atoms with Crippen LogP contribution in [0.2, 0.25) is 0 Å². The summed E-state index contributed by atoms with van der Waals surface area (Å²) in [6, 6.07) is 5.39. The normalized spacial score (nSPS) is 22.3. The van der Waals surface area contributed by atoms with Crippen molar-refractivity contribution >= 4 is 61.8 Å². The minimum Gasteiger partial charge on any atom is -0.454 e. The Morgan fingerprint density at radius 1 is 1.42 bits per heavy atom. The van der Waals surface area contributed by atoms with E-state index in [0.717, 1.165) is 4.47 Å². The fourth-order valence-electron chi connectivity index (χ4n) is 2.16. The summed E-state index contributed by atoms with van der Waals surface area (Å²) >= 11 is 9.15. The van der Waals surface area contributed by atoms with Crippen LogP contribution in [0.5, 0.6) is 0 Å². The van der Waals surface area contributed by atoms with Crippen LogP contribution in [0.4, 0.5) is 4.39 Å². The molecule has 0 bridgehead atoms. The zero-order valence-electron chi connectivity index (χ0n) is 13.2. The Balaban J connectivity index is 2.52. The summed E-state index contributed by atoms with van der Waals surface area (Å²) in [6.45, 7) is 5.47. The molecule has 2 atom stereocenters. The Kier molecular flexibility index (Phi) is 4.38. The molecule has 0 radical (unpaired) electrons. The van der Waals surface area contributed by atoms with Gasteiger partial charge in [0, 0.05) is 27.4 Å². The third-order valence-corrected chi connectivity index (χ3v) is 5.46. The summed E-state index contributed by atoms with van der Waals surface area (Å²) in [5.74, 6) is 0. The number of hydrogen-bond donors (Lipinski definition) is 1. The van der Waals surface area contributed by atoms with Gasteiger partial charge in [-0.15, -0.1) is 0 Å². The smallest absolute Gasteiger partial charge is 0.276 e. The largest absolute Gasteiger partial charge is 0.454 e. The average molecular weight is 434 g/mol. The van der Waals surface area contributed by atoms with Gasteiger partial charge in [0.25, 0.3) is 5.25 Å². The van der Waals surface area contributed by atoms with Gasteiger partial charge in [0.2, 0.25) is 0 Å². The number of halogens is 3. The van der Waals surface area contributed by atoms with Crippen LogP contribution in [0.3, 0.4) is 0 Å². The molecule has 1 aliphatic rings. The second-order valence-corrected chi connectivity index (χ2v) is 9.75. The molecule has 0 spiro atoms. The van der Waals surface area contributed by atoms with Crippen LogP contribution >= 0.6 is 27.5 Å². The van der Waals surface area contributed by atoms with Gasteiger partial charge in [0.05, 0.1) is 10.1 Å². The molecule has 24 heavy (non-hydrogen) atoms. The van der Waals surface area contributed by atoms with Crippen molar-refractivity contribution in [3.05, 3.63) is 38.7 Å². The van der Waals surface area contributed by atoms with Crippen molar-refractivity contribution in [1.29, 1.82) is 0 Å². The molecule has 0 aliphatic carbocycles. The number of alkyl halides is 2. The Morgan fingerprint density at radius 2 is 2.12 bits per heavy atom. The average Bonchev–Trinajstić information content (AvgIpc) is 2.46. The maximum absolute atomic E-state index is 14.2. The van der Waals surface area contributed by atoms with Crippen LogP contribution in [-0.2, 0) is 11.0 Å². The van der Waals surface area contributed by atoms with E-state index in [1.165, 1.54) is 12.3 Å². The number of nitrogens with zero attached hydrogens (tertiary/aromatic N) is 1. The van der Waals surface area contributed by atoms with Crippen molar-refractivity contribution in [3.63, 3.8) is 0 Å². The minimum atomic E-state index is -2.25. The summed E-state index contributed by atoms with van der Waals surface area (Å²) in [5.41, 5.74) is 0.928. The maximum Gasteiger partial charge on any atom is 0.276 e. The monoisotopic (exact) mass is 432 g/mol. The third kappa shape index (κ3) is 3.43. The molecule has 1 N–H and O–H groups in total. The highest BCUT2D eigenvalue weighted by Gasteiger charge is 2.25. The predicted octanol–water partition coefficient (Wildman–Crippen LogP) is 2.54. The molecule has 2 unspecified atom stereocenters. The molecule has 0 amide bonds. The fourth-order valence-corrected chi connectivity index (χ4v) is 3.32. The van der Waals surface area contributed by atoms with Crippen molar-refractivity contribution in [2.75, 3.05) is 0 Å². The molecule has 1 aromatic heterocycles. The molecule has 0 fully saturated rings. The topological polar surface area (TPSA) is 54.6 Å². The summed E-state index contributed by atoms with van der Waals surface area (Å²) in [5, 5.41) is 1.53. The van der Waals surface area contributed by atoms with Crippen molar-refractivity contribution in [1.82, 2.24) is 5.32 Å². The van der Waals surface area contributed by atoms with Crippen LogP contribution in [0, 0.1) is 0 Å². The third-order valence-electron chi connectivity index (χ3n) is 3.36. The molecule has 0 saturated carbocycles. The molecule has 2 aromatic rings. The predicted molar refractivity (Wildman–Crippen MR) is 98.4 cm³/mol. The molecule has 3 rings (SSSR count). The lowest BCUT2D eigenvalue weighted by molar-refractivity contribution is 0.336. The Bertz CT molecular complexity index is 1040. The van der Waals surface area contributed by atoms with Gasteiger partial charge < -0.3 is 9.73 Å². The summed E-state index contributed by atoms with van der Waals surface area (Å²) in [6.07, 6.45) is 2.52. The summed E-state index contributed by atoms with van der Waals surface area (Å²) in [4.78, 5) is 0. The highest BCUT2D eigenvalue weighted by molar-refractivity contribution is 9.10. The van der Waals surface area contributed by atoms with E-state index >= 15 is 0 Å². The first-order chi connectivity index (χ1) is 11.1. The van der Waals surface area contributed by atoms with Gasteiger partial charge in [0.1, 0.15) is 16.6 Å². The molecular weight excluding hydrogens is 419 g/mol.